The van der Waals surface area contributed by atoms with Crippen LogP contribution >= 0.6 is 0 Å². The Morgan fingerprint density at radius 1 is 1.08 bits per heavy atom. The zero-order valence-electron chi connectivity index (χ0n) is 15.8. The van der Waals surface area contributed by atoms with Gasteiger partial charge < -0.3 is 4.90 Å². The molecule has 0 spiro atoms. The molecule has 24 heavy (non-hydrogen) atoms. The lowest BCUT2D eigenvalue weighted by atomic mass is 10.1. The number of rotatable bonds is 8. The Kier molecular flexibility index (Phi) is 8.55. The van der Waals surface area contributed by atoms with Crippen molar-refractivity contribution < 1.29 is 0 Å². The minimum absolute atomic E-state index is 0.948. The predicted molar refractivity (Wildman–Crippen MR) is 109 cm³/mol. The van der Waals surface area contributed by atoms with E-state index < -0.39 is 0 Å². The van der Waals surface area contributed by atoms with Crippen LogP contribution in [-0.4, -0.2) is 39.1 Å². The van der Waals surface area contributed by atoms with Crippen molar-refractivity contribution in [1.29, 1.82) is 0 Å². The van der Waals surface area contributed by atoms with Crippen LogP contribution in [-0.2, 0) is 0 Å². The fourth-order valence-corrected chi connectivity index (χ4v) is 2.44. The summed E-state index contributed by atoms with van der Waals surface area (Å²) in [5, 5.41) is 6.59. The first-order valence-electron chi connectivity index (χ1n) is 8.46. The Balaban J connectivity index is 2.98. The summed E-state index contributed by atoms with van der Waals surface area (Å²) in [5.41, 5.74) is 4.30. The Bertz CT molecular complexity index is 605. The van der Waals surface area contributed by atoms with Gasteiger partial charge >= 0.3 is 0 Å². The zero-order chi connectivity index (χ0) is 17.9. The SMILES string of the molecule is C\C=C/C(=C\C=NC)C(/C)=N/N(C)c1ccc(N(CC)CC)cc1. The van der Waals surface area contributed by atoms with Crippen molar-refractivity contribution in [3.8, 4) is 0 Å². The number of allylic oxidation sites excluding steroid dienone is 4. The molecule has 1 aromatic rings. The predicted octanol–water partition coefficient (Wildman–Crippen LogP) is 4.55. The number of anilines is 2. The van der Waals surface area contributed by atoms with E-state index >= 15 is 0 Å². The molecule has 1 rings (SSSR count). The van der Waals surface area contributed by atoms with Gasteiger partial charge in [0, 0.05) is 39.1 Å². The third kappa shape index (κ3) is 5.69. The first-order valence-corrected chi connectivity index (χ1v) is 8.46. The molecule has 0 heterocycles. The first kappa shape index (κ1) is 19.7. The van der Waals surface area contributed by atoms with E-state index in [1.54, 1.807) is 13.3 Å². The van der Waals surface area contributed by atoms with Crippen LogP contribution in [0.5, 0.6) is 0 Å². The maximum absolute atomic E-state index is 4.69. The molecule has 4 heteroatoms. The second kappa shape index (κ2) is 10.4. The van der Waals surface area contributed by atoms with Crippen molar-refractivity contribution in [3.05, 3.63) is 48.1 Å². The van der Waals surface area contributed by atoms with Crippen LogP contribution in [0.15, 0.2) is 58.2 Å². The largest absolute Gasteiger partial charge is 0.372 e. The van der Waals surface area contributed by atoms with E-state index in [9.17, 15) is 0 Å². The fourth-order valence-electron chi connectivity index (χ4n) is 2.44. The standard InChI is InChI=1S/C20H30N4/c1-7-10-18(15-16-21-5)17(4)22-23(6)19-11-13-20(14-12-19)24(8-2)9-3/h7,10-16H,8-9H2,1-6H3/b10-7-,18-15+,21-16?,22-17+. The van der Waals surface area contributed by atoms with E-state index in [4.69, 9.17) is 0 Å². The summed E-state index contributed by atoms with van der Waals surface area (Å²) in [7, 11) is 3.73. The molecule has 0 unspecified atom stereocenters. The van der Waals surface area contributed by atoms with Crippen molar-refractivity contribution in [2.45, 2.75) is 27.7 Å². The van der Waals surface area contributed by atoms with Gasteiger partial charge in [-0.15, -0.1) is 0 Å². The molecule has 0 saturated heterocycles. The summed E-state index contributed by atoms with van der Waals surface area (Å²) >= 11 is 0. The Hall–Kier alpha value is -2.36. The second-order valence-corrected chi connectivity index (χ2v) is 5.43. The molecule has 0 bridgehead atoms. The van der Waals surface area contributed by atoms with Gasteiger partial charge in [0.2, 0.25) is 0 Å². The molecule has 130 valence electrons. The third-order valence-corrected chi connectivity index (χ3v) is 3.82. The quantitative estimate of drug-likeness (QED) is 0.399. The number of nitrogens with zero attached hydrogens (tertiary/aromatic N) is 4. The second-order valence-electron chi connectivity index (χ2n) is 5.43. The van der Waals surface area contributed by atoms with Gasteiger partial charge in [0.1, 0.15) is 0 Å². The summed E-state index contributed by atoms with van der Waals surface area (Å²) in [6.45, 7) is 10.4. The molecule has 1 aromatic carbocycles. The summed E-state index contributed by atoms with van der Waals surface area (Å²) in [6.07, 6.45) is 7.80. The lowest BCUT2D eigenvalue weighted by Crippen LogP contribution is -2.21. The molecule has 0 aliphatic carbocycles. The lowest BCUT2D eigenvalue weighted by Gasteiger charge is -2.22. The Morgan fingerprint density at radius 2 is 1.67 bits per heavy atom. The molecule has 0 aliphatic rings. The van der Waals surface area contributed by atoms with E-state index in [1.807, 2.05) is 44.1 Å². The monoisotopic (exact) mass is 326 g/mol. The van der Waals surface area contributed by atoms with Crippen LogP contribution in [0.25, 0.3) is 0 Å². The number of hydrogen-bond acceptors (Lipinski definition) is 4. The van der Waals surface area contributed by atoms with E-state index in [2.05, 4.69) is 53.1 Å². The van der Waals surface area contributed by atoms with Crippen molar-refractivity contribution in [1.82, 2.24) is 0 Å². The van der Waals surface area contributed by atoms with Crippen LogP contribution in [0.2, 0.25) is 0 Å². The normalized spacial score (nSPS) is 13.1. The summed E-state index contributed by atoms with van der Waals surface area (Å²) in [4.78, 5) is 6.34. The topological polar surface area (TPSA) is 31.2 Å². The van der Waals surface area contributed by atoms with Gasteiger partial charge in [-0.05, 0) is 63.6 Å². The summed E-state index contributed by atoms with van der Waals surface area (Å²) in [6, 6.07) is 8.51. The Morgan fingerprint density at radius 3 is 2.17 bits per heavy atom. The smallest absolute Gasteiger partial charge is 0.0651 e. The summed E-state index contributed by atoms with van der Waals surface area (Å²) in [5.74, 6) is 0. The number of benzene rings is 1. The number of aliphatic imine (C=N–C) groups is 1. The van der Waals surface area contributed by atoms with Crippen LogP contribution < -0.4 is 9.91 Å². The van der Waals surface area contributed by atoms with Gasteiger partial charge in [0.15, 0.2) is 0 Å². The van der Waals surface area contributed by atoms with Crippen molar-refractivity contribution in [2.24, 2.45) is 10.1 Å². The minimum atomic E-state index is 0.948. The molecule has 0 radical (unpaired) electrons. The van der Waals surface area contributed by atoms with Crippen molar-refractivity contribution in [3.63, 3.8) is 0 Å². The average Bonchev–Trinajstić information content (AvgIpc) is 2.60. The van der Waals surface area contributed by atoms with Crippen LogP contribution in [0.4, 0.5) is 11.4 Å². The first-order chi connectivity index (χ1) is 11.6. The highest BCUT2D eigenvalue weighted by molar-refractivity contribution is 6.04. The molecule has 0 N–H and O–H groups in total. The third-order valence-electron chi connectivity index (χ3n) is 3.82. The molecular weight excluding hydrogens is 296 g/mol. The highest BCUT2D eigenvalue weighted by atomic mass is 15.4. The van der Waals surface area contributed by atoms with Gasteiger partial charge in [-0.2, -0.15) is 5.10 Å². The van der Waals surface area contributed by atoms with Gasteiger partial charge in [0.05, 0.1) is 11.4 Å². The van der Waals surface area contributed by atoms with Crippen LogP contribution in [0.1, 0.15) is 27.7 Å². The van der Waals surface area contributed by atoms with Gasteiger partial charge in [-0.25, -0.2) is 0 Å². The molecular formula is C20H30N4. The van der Waals surface area contributed by atoms with E-state index in [1.165, 1.54) is 5.69 Å². The zero-order valence-corrected chi connectivity index (χ0v) is 15.8. The summed E-state index contributed by atoms with van der Waals surface area (Å²) < 4.78 is 0. The molecule has 0 atom stereocenters. The average molecular weight is 326 g/mol. The number of hydrazone groups is 1. The molecule has 0 aromatic heterocycles. The number of hydrogen-bond donors (Lipinski definition) is 0. The fraction of sp³-hybridized carbons (Fsp3) is 0.400. The molecule has 4 nitrogen and oxygen atoms in total. The van der Waals surface area contributed by atoms with Crippen molar-refractivity contribution in [2.75, 3.05) is 37.1 Å². The molecule has 0 fully saturated rings. The van der Waals surface area contributed by atoms with Crippen molar-refractivity contribution >= 4 is 23.3 Å². The highest BCUT2D eigenvalue weighted by Gasteiger charge is 2.05. The van der Waals surface area contributed by atoms with Gasteiger partial charge in [-0.3, -0.25) is 10.0 Å². The lowest BCUT2D eigenvalue weighted by molar-refractivity contribution is 0.866. The van der Waals surface area contributed by atoms with Gasteiger partial charge in [-0.1, -0.05) is 12.2 Å². The van der Waals surface area contributed by atoms with E-state index in [0.717, 1.165) is 30.1 Å². The maximum Gasteiger partial charge on any atom is 0.0651 e. The molecule has 0 aliphatic heterocycles. The van der Waals surface area contributed by atoms with E-state index in [0.29, 0.717) is 0 Å². The molecule has 0 saturated carbocycles. The van der Waals surface area contributed by atoms with Gasteiger partial charge in [0.25, 0.3) is 0 Å². The molecule has 0 amide bonds. The van der Waals surface area contributed by atoms with Crippen LogP contribution in [0, 0.1) is 0 Å². The Labute approximate surface area is 146 Å². The highest BCUT2D eigenvalue weighted by Crippen LogP contribution is 2.20. The maximum atomic E-state index is 4.69. The van der Waals surface area contributed by atoms with E-state index in [-0.39, 0.29) is 0 Å². The van der Waals surface area contributed by atoms with Crippen LogP contribution in [0.3, 0.4) is 0 Å². The minimum Gasteiger partial charge on any atom is -0.372 e.